The van der Waals surface area contributed by atoms with Gasteiger partial charge in [-0.1, -0.05) is 18.2 Å². The summed E-state index contributed by atoms with van der Waals surface area (Å²) in [6.45, 7) is 2.09. The second-order valence-corrected chi connectivity index (χ2v) is 11.3. The van der Waals surface area contributed by atoms with E-state index in [0.717, 1.165) is 23.8 Å². The van der Waals surface area contributed by atoms with E-state index in [1.54, 1.807) is 48.5 Å². The Balaban J connectivity index is 1.41. The van der Waals surface area contributed by atoms with Gasteiger partial charge in [-0.25, -0.2) is 4.39 Å². The van der Waals surface area contributed by atoms with Gasteiger partial charge < -0.3 is 14.8 Å². The number of carbonyl (C=O) groups excluding carboxylic acids is 3. The van der Waals surface area contributed by atoms with Crippen LogP contribution in [0.3, 0.4) is 0 Å². The summed E-state index contributed by atoms with van der Waals surface area (Å²) in [4.78, 5) is 39.0. The third-order valence-electron chi connectivity index (χ3n) is 5.27. The molecule has 3 aromatic carbocycles. The SMILES string of the molecule is CCOc1ccc(NC(=O)CN2C(=O)S/C(=C/c3cc(I)c(OCc4ccccc4F)c(I)c3)C2=O)cc1. The highest BCUT2D eigenvalue weighted by Gasteiger charge is 2.36. The first-order valence-electron chi connectivity index (χ1n) is 11.4. The zero-order valence-corrected chi connectivity index (χ0v) is 25.1. The third kappa shape index (κ3) is 7.05. The van der Waals surface area contributed by atoms with Crippen LogP contribution in [0.2, 0.25) is 0 Å². The molecular formula is C27H21FI2N2O5S. The van der Waals surface area contributed by atoms with Gasteiger partial charge in [-0.15, -0.1) is 0 Å². The Morgan fingerprint density at radius 1 is 1.05 bits per heavy atom. The first-order chi connectivity index (χ1) is 18.2. The van der Waals surface area contributed by atoms with Gasteiger partial charge in [-0.2, -0.15) is 0 Å². The Morgan fingerprint density at radius 3 is 2.39 bits per heavy atom. The van der Waals surface area contributed by atoms with Crippen molar-refractivity contribution in [2.75, 3.05) is 18.5 Å². The van der Waals surface area contributed by atoms with Crippen LogP contribution in [-0.2, 0) is 16.2 Å². The maximum atomic E-state index is 13.9. The molecule has 1 N–H and O–H groups in total. The molecule has 7 nitrogen and oxygen atoms in total. The second-order valence-electron chi connectivity index (χ2n) is 7.97. The maximum Gasteiger partial charge on any atom is 0.294 e. The fourth-order valence-corrected chi connectivity index (χ4v) is 6.47. The van der Waals surface area contributed by atoms with Gasteiger partial charge in [0.2, 0.25) is 5.91 Å². The maximum absolute atomic E-state index is 13.9. The van der Waals surface area contributed by atoms with Gasteiger partial charge in [-0.3, -0.25) is 19.3 Å². The van der Waals surface area contributed by atoms with Crippen molar-refractivity contribution in [2.45, 2.75) is 13.5 Å². The molecule has 1 aliphatic rings. The average molecular weight is 758 g/mol. The summed E-state index contributed by atoms with van der Waals surface area (Å²) in [7, 11) is 0. The molecular weight excluding hydrogens is 737 g/mol. The topological polar surface area (TPSA) is 84.9 Å². The molecule has 0 atom stereocenters. The lowest BCUT2D eigenvalue weighted by molar-refractivity contribution is -0.127. The van der Waals surface area contributed by atoms with E-state index in [-0.39, 0.29) is 17.3 Å². The van der Waals surface area contributed by atoms with Crippen LogP contribution >= 0.6 is 56.9 Å². The van der Waals surface area contributed by atoms with Crippen molar-refractivity contribution in [1.82, 2.24) is 4.90 Å². The fourth-order valence-electron chi connectivity index (χ4n) is 3.50. The first kappa shape index (κ1) is 28.4. The lowest BCUT2D eigenvalue weighted by Crippen LogP contribution is -2.36. The summed E-state index contributed by atoms with van der Waals surface area (Å²) in [5, 5.41) is 2.17. The minimum absolute atomic E-state index is 0.0790. The standard InChI is InChI=1S/C27H21FI2N2O5S/c1-2-36-19-9-7-18(8-10-19)31-24(33)14-32-26(34)23(38-27(32)35)13-16-11-21(29)25(22(30)12-16)37-15-17-5-3-4-6-20(17)28/h3-13H,2,14-15H2,1H3,(H,31,33)/b23-13+. The summed E-state index contributed by atoms with van der Waals surface area (Å²) < 4.78 is 26.7. The Hall–Kier alpha value is -2.65. The van der Waals surface area contributed by atoms with E-state index in [0.29, 0.717) is 34.9 Å². The Bertz CT molecular complexity index is 1390. The molecule has 196 valence electrons. The van der Waals surface area contributed by atoms with Crippen LogP contribution in [0, 0.1) is 13.0 Å². The van der Waals surface area contributed by atoms with Gasteiger partial charge in [0.05, 0.1) is 18.7 Å². The van der Waals surface area contributed by atoms with Crippen molar-refractivity contribution < 1.29 is 28.2 Å². The molecule has 1 fully saturated rings. The Morgan fingerprint density at radius 2 is 1.74 bits per heavy atom. The number of ether oxygens (including phenoxy) is 2. The molecule has 0 bridgehead atoms. The van der Waals surface area contributed by atoms with Crippen LogP contribution in [0.25, 0.3) is 6.08 Å². The smallest absolute Gasteiger partial charge is 0.294 e. The molecule has 11 heteroatoms. The molecule has 0 radical (unpaired) electrons. The fraction of sp³-hybridized carbons (Fsp3) is 0.148. The second kappa shape index (κ2) is 12.9. The van der Waals surface area contributed by atoms with Gasteiger partial charge in [0.1, 0.15) is 30.5 Å². The van der Waals surface area contributed by atoms with Crippen molar-refractivity contribution in [3.05, 3.63) is 89.7 Å². The molecule has 0 spiro atoms. The van der Waals surface area contributed by atoms with Gasteiger partial charge in [-0.05, 0) is 118 Å². The molecule has 3 amide bonds. The van der Waals surface area contributed by atoms with E-state index in [1.165, 1.54) is 6.07 Å². The number of amides is 3. The minimum atomic E-state index is -0.535. The number of rotatable bonds is 9. The minimum Gasteiger partial charge on any atom is -0.494 e. The number of halogens is 3. The molecule has 0 aromatic heterocycles. The van der Waals surface area contributed by atoms with Crippen LogP contribution in [0.15, 0.2) is 65.6 Å². The van der Waals surface area contributed by atoms with Gasteiger partial charge in [0.25, 0.3) is 11.1 Å². The van der Waals surface area contributed by atoms with Crippen molar-refractivity contribution in [2.24, 2.45) is 0 Å². The average Bonchev–Trinajstić information content (AvgIpc) is 3.13. The Labute approximate surface area is 250 Å². The van der Waals surface area contributed by atoms with E-state index in [1.807, 2.05) is 19.1 Å². The lowest BCUT2D eigenvalue weighted by Gasteiger charge is -2.13. The first-order valence-corrected chi connectivity index (χ1v) is 14.4. The molecule has 4 rings (SSSR count). The zero-order chi connectivity index (χ0) is 27.2. The molecule has 1 aliphatic heterocycles. The van der Waals surface area contributed by atoms with E-state index < -0.39 is 23.6 Å². The van der Waals surface area contributed by atoms with Crippen molar-refractivity contribution in [3.8, 4) is 11.5 Å². The Kier molecular flexibility index (Phi) is 9.65. The zero-order valence-electron chi connectivity index (χ0n) is 20.0. The van der Waals surface area contributed by atoms with E-state index in [9.17, 15) is 18.8 Å². The van der Waals surface area contributed by atoms with E-state index in [4.69, 9.17) is 9.47 Å². The molecule has 3 aromatic rings. The van der Waals surface area contributed by atoms with Gasteiger partial charge in [0, 0.05) is 11.3 Å². The van der Waals surface area contributed by atoms with E-state index >= 15 is 0 Å². The van der Waals surface area contributed by atoms with Crippen LogP contribution in [0.1, 0.15) is 18.1 Å². The lowest BCUT2D eigenvalue weighted by atomic mass is 10.2. The number of benzene rings is 3. The number of thioether (sulfide) groups is 1. The van der Waals surface area contributed by atoms with Crippen LogP contribution in [0.4, 0.5) is 14.9 Å². The number of anilines is 1. The summed E-state index contributed by atoms with van der Waals surface area (Å²) in [6, 6.07) is 16.9. The normalized spacial score (nSPS) is 14.2. The number of nitrogens with one attached hydrogen (secondary N) is 1. The molecule has 0 saturated carbocycles. The summed E-state index contributed by atoms with van der Waals surface area (Å²) >= 11 is 5.01. The largest absolute Gasteiger partial charge is 0.494 e. The summed E-state index contributed by atoms with van der Waals surface area (Å²) in [5.41, 5.74) is 1.67. The predicted molar refractivity (Wildman–Crippen MR) is 162 cm³/mol. The highest BCUT2D eigenvalue weighted by molar-refractivity contribution is 14.1. The van der Waals surface area contributed by atoms with E-state index in [2.05, 4.69) is 50.5 Å². The number of carbonyl (C=O) groups is 3. The van der Waals surface area contributed by atoms with Crippen molar-refractivity contribution in [1.29, 1.82) is 0 Å². The highest BCUT2D eigenvalue weighted by atomic mass is 127. The monoisotopic (exact) mass is 758 g/mol. The predicted octanol–water partition coefficient (Wildman–Crippen LogP) is 6.69. The summed E-state index contributed by atoms with van der Waals surface area (Å²) in [5.74, 6) is -0.0795. The summed E-state index contributed by atoms with van der Waals surface area (Å²) in [6.07, 6.45) is 1.61. The molecule has 0 unspecified atom stereocenters. The third-order valence-corrected chi connectivity index (χ3v) is 7.78. The van der Waals surface area contributed by atoms with Gasteiger partial charge in [0.15, 0.2) is 0 Å². The number of imide groups is 1. The molecule has 38 heavy (non-hydrogen) atoms. The van der Waals surface area contributed by atoms with Crippen LogP contribution < -0.4 is 14.8 Å². The highest BCUT2D eigenvalue weighted by Crippen LogP contribution is 2.35. The van der Waals surface area contributed by atoms with Gasteiger partial charge >= 0.3 is 0 Å². The number of hydrogen-bond donors (Lipinski definition) is 1. The number of nitrogens with zero attached hydrogens (tertiary/aromatic N) is 1. The quantitative estimate of drug-likeness (QED) is 0.194. The van der Waals surface area contributed by atoms with Crippen molar-refractivity contribution in [3.63, 3.8) is 0 Å². The number of hydrogen-bond acceptors (Lipinski definition) is 6. The van der Waals surface area contributed by atoms with Crippen LogP contribution in [0.5, 0.6) is 11.5 Å². The van der Waals surface area contributed by atoms with Crippen molar-refractivity contribution >= 4 is 85.8 Å². The van der Waals surface area contributed by atoms with Crippen LogP contribution in [-0.4, -0.2) is 35.1 Å². The molecule has 0 aliphatic carbocycles. The molecule has 1 heterocycles. The molecule has 1 saturated heterocycles.